The third-order valence-corrected chi connectivity index (χ3v) is 5.46. The molecule has 3 rings (SSSR count). The minimum atomic E-state index is -0.770. The summed E-state index contributed by atoms with van der Waals surface area (Å²) in [5, 5.41) is 14.3. The maximum Gasteiger partial charge on any atom is 0.311 e. The molecule has 9 nitrogen and oxygen atoms in total. The quantitative estimate of drug-likeness (QED) is 0.413. The van der Waals surface area contributed by atoms with Crippen molar-refractivity contribution < 1.29 is 24.0 Å². The summed E-state index contributed by atoms with van der Waals surface area (Å²) in [6.45, 7) is 2.86. The van der Waals surface area contributed by atoms with E-state index in [4.69, 9.17) is 16.3 Å². The van der Waals surface area contributed by atoms with E-state index in [9.17, 15) is 24.5 Å². The van der Waals surface area contributed by atoms with Crippen molar-refractivity contribution in [2.24, 2.45) is 5.92 Å². The van der Waals surface area contributed by atoms with Gasteiger partial charge in [-0.15, -0.1) is 0 Å². The van der Waals surface area contributed by atoms with Crippen molar-refractivity contribution in [3.05, 3.63) is 62.7 Å². The average molecular weight is 446 g/mol. The summed E-state index contributed by atoms with van der Waals surface area (Å²) in [5.41, 5.74) is 1.90. The van der Waals surface area contributed by atoms with Crippen LogP contribution in [0.5, 0.6) is 0 Å². The van der Waals surface area contributed by atoms with E-state index >= 15 is 0 Å². The Kier molecular flexibility index (Phi) is 6.55. The second kappa shape index (κ2) is 9.13. The van der Waals surface area contributed by atoms with Crippen LogP contribution >= 0.6 is 11.6 Å². The highest BCUT2D eigenvalue weighted by Gasteiger charge is 2.37. The number of carbonyl (C=O) groups is 3. The van der Waals surface area contributed by atoms with Gasteiger partial charge >= 0.3 is 5.97 Å². The Morgan fingerprint density at radius 2 is 2.03 bits per heavy atom. The smallest absolute Gasteiger partial charge is 0.311 e. The van der Waals surface area contributed by atoms with Gasteiger partial charge in [0.25, 0.3) is 11.6 Å². The summed E-state index contributed by atoms with van der Waals surface area (Å²) in [4.78, 5) is 48.8. The van der Waals surface area contributed by atoms with Gasteiger partial charge in [0.1, 0.15) is 0 Å². The molecule has 1 aliphatic rings. The SMILES string of the molecule is Cc1ccc(N2C[C@H](C(=O)OCC(=O)Nc3cccc(Cl)c3C)CC2=O)cc1[N+](=O)[O-]. The number of benzene rings is 2. The minimum absolute atomic E-state index is 0.0207. The molecular formula is C21H20ClN3O6. The molecule has 31 heavy (non-hydrogen) atoms. The highest BCUT2D eigenvalue weighted by Crippen LogP contribution is 2.30. The Balaban J connectivity index is 1.59. The Hall–Kier alpha value is -3.46. The summed E-state index contributed by atoms with van der Waals surface area (Å²) in [7, 11) is 0. The second-order valence-corrected chi connectivity index (χ2v) is 7.61. The Morgan fingerprint density at radius 3 is 2.74 bits per heavy atom. The lowest BCUT2D eigenvalue weighted by Gasteiger charge is -2.17. The summed E-state index contributed by atoms with van der Waals surface area (Å²) < 4.78 is 5.07. The number of amides is 2. The zero-order valence-corrected chi connectivity index (χ0v) is 17.6. The van der Waals surface area contributed by atoms with Crippen molar-refractivity contribution in [1.82, 2.24) is 0 Å². The molecule has 162 valence electrons. The van der Waals surface area contributed by atoms with Crippen molar-refractivity contribution in [1.29, 1.82) is 0 Å². The van der Waals surface area contributed by atoms with Crippen molar-refractivity contribution in [2.75, 3.05) is 23.4 Å². The van der Waals surface area contributed by atoms with Crippen LogP contribution in [0.1, 0.15) is 17.5 Å². The molecule has 2 aromatic carbocycles. The van der Waals surface area contributed by atoms with E-state index in [0.29, 0.717) is 27.5 Å². The van der Waals surface area contributed by atoms with Crippen molar-refractivity contribution in [2.45, 2.75) is 20.3 Å². The van der Waals surface area contributed by atoms with E-state index in [0.717, 1.165) is 0 Å². The molecule has 1 aliphatic heterocycles. The van der Waals surface area contributed by atoms with Crippen molar-refractivity contribution >= 4 is 46.4 Å². The van der Waals surface area contributed by atoms with E-state index in [-0.39, 0.29) is 24.6 Å². The number of carbonyl (C=O) groups excluding carboxylic acids is 3. The van der Waals surface area contributed by atoms with Crippen LogP contribution < -0.4 is 10.2 Å². The van der Waals surface area contributed by atoms with Crippen LogP contribution in [0.15, 0.2) is 36.4 Å². The number of halogens is 1. The minimum Gasteiger partial charge on any atom is -0.455 e. The zero-order valence-electron chi connectivity index (χ0n) is 16.9. The highest BCUT2D eigenvalue weighted by atomic mass is 35.5. The number of ether oxygens (including phenoxy) is 1. The number of hydrogen-bond donors (Lipinski definition) is 1. The molecule has 1 atom stereocenters. The third-order valence-electron chi connectivity index (χ3n) is 5.05. The predicted octanol–water partition coefficient (Wildman–Crippen LogP) is 3.40. The summed E-state index contributed by atoms with van der Waals surface area (Å²) in [5.74, 6) is -2.34. The number of nitro benzene ring substituents is 1. The van der Waals surface area contributed by atoms with Gasteiger partial charge in [-0.3, -0.25) is 24.5 Å². The van der Waals surface area contributed by atoms with Crippen LogP contribution in [0.25, 0.3) is 0 Å². The number of nitrogens with one attached hydrogen (secondary N) is 1. The summed E-state index contributed by atoms with van der Waals surface area (Å²) in [6.07, 6.45) is -0.102. The van der Waals surface area contributed by atoms with Crippen LogP contribution in [-0.2, 0) is 19.1 Å². The molecule has 1 fully saturated rings. The van der Waals surface area contributed by atoms with Gasteiger partial charge in [-0.05, 0) is 37.6 Å². The number of aryl methyl sites for hydroxylation is 1. The number of nitrogens with zero attached hydrogens (tertiary/aromatic N) is 2. The van der Waals surface area contributed by atoms with Crippen LogP contribution in [0.2, 0.25) is 5.02 Å². The van der Waals surface area contributed by atoms with Gasteiger partial charge in [0, 0.05) is 35.3 Å². The number of esters is 1. The number of hydrogen-bond acceptors (Lipinski definition) is 6. The van der Waals surface area contributed by atoms with Gasteiger partial charge in [-0.1, -0.05) is 23.7 Å². The molecule has 0 saturated carbocycles. The van der Waals surface area contributed by atoms with Crippen LogP contribution in [0, 0.1) is 29.9 Å². The molecule has 10 heteroatoms. The standard InChI is InChI=1S/C21H20ClN3O6/c1-12-6-7-15(9-18(12)25(29)30)24-10-14(8-20(24)27)21(28)31-11-19(26)23-17-5-3-4-16(22)13(17)2/h3-7,9,14H,8,10-11H2,1-2H3,(H,23,26)/t14-/m1/s1. The van der Waals surface area contributed by atoms with Crippen molar-refractivity contribution in [3.8, 4) is 0 Å². The highest BCUT2D eigenvalue weighted by molar-refractivity contribution is 6.31. The molecule has 1 heterocycles. The second-order valence-electron chi connectivity index (χ2n) is 7.20. The molecule has 0 bridgehead atoms. The molecule has 0 radical (unpaired) electrons. The van der Waals surface area contributed by atoms with Gasteiger partial charge in [0.05, 0.1) is 16.5 Å². The maximum absolute atomic E-state index is 12.4. The Bertz CT molecular complexity index is 1070. The molecule has 0 spiro atoms. The molecule has 1 saturated heterocycles. The first-order valence-electron chi connectivity index (χ1n) is 9.44. The molecule has 0 aliphatic carbocycles. The van der Waals surface area contributed by atoms with Crippen LogP contribution in [0.4, 0.5) is 17.1 Å². The fourth-order valence-electron chi connectivity index (χ4n) is 3.26. The maximum atomic E-state index is 12.4. The monoisotopic (exact) mass is 445 g/mol. The van der Waals surface area contributed by atoms with Gasteiger partial charge in [0.15, 0.2) is 6.61 Å². The summed E-state index contributed by atoms with van der Waals surface area (Å²) >= 11 is 6.01. The van der Waals surface area contributed by atoms with E-state index in [1.807, 2.05) is 0 Å². The first-order valence-corrected chi connectivity index (χ1v) is 9.82. The van der Waals surface area contributed by atoms with Crippen LogP contribution in [-0.4, -0.2) is 35.9 Å². The largest absolute Gasteiger partial charge is 0.455 e. The zero-order chi connectivity index (χ0) is 22.7. The predicted molar refractivity (Wildman–Crippen MR) is 114 cm³/mol. The molecule has 0 aromatic heterocycles. The van der Waals surface area contributed by atoms with Gasteiger partial charge in [0.2, 0.25) is 5.91 Å². The Labute approximate surface area is 183 Å². The van der Waals surface area contributed by atoms with Gasteiger partial charge in [-0.25, -0.2) is 0 Å². The fourth-order valence-corrected chi connectivity index (χ4v) is 3.44. The van der Waals surface area contributed by atoms with E-state index in [2.05, 4.69) is 5.32 Å². The number of nitro groups is 1. The third kappa shape index (κ3) is 5.00. The lowest BCUT2D eigenvalue weighted by molar-refractivity contribution is -0.385. The normalized spacial score (nSPS) is 15.6. The lowest BCUT2D eigenvalue weighted by atomic mass is 10.1. The van der Waals surface area contributed by atoms with E-state index in [1.54, 1.807) is 44.2 Å². The average Bonchev–Trinajstić information content (AvgIpc) is 3.11. The van der Waals surface area contributed by atoms with Gasteiger partial charge in [-0.2, -0.15) is 0 Å². The van der Waals surface area contributed by atoms with Gasteiger partial charge < -0.3 is 15.0 Å². The van der Waals surface area contributed by atoms with Crippen molar-refractivity contribution in [3.63, 3.8) is 0 Å². The topological polar surface area (TPSA) is 119 Å². The Morgan fingerprint density at radius 1 is 1.29 bits per heavy atom. The molecule has 0 unspecified atom stereocenters. The molecular weight excluding hydrogens is 426 g/mol. The van der Waals surface area contributed by atoms with E-state index in [1.165, 1.54) is 11.0 Å². The van der Waals surface area contributed by atoms with Crippen LogP contribution in [0.3, 0.4) is 0 Å². The number of rotatable bonds is 6. The first kappa shape index (κ1) is 22.2. The fraction of sp³-hybridized carbons (Fsp3) is 0.286. The first-order chi connectivity index (χ1) is 14.7. The summed E-state index contributed by atoms with van der Waals surface area (Å²) in [6, 6.07) is 9.50. The molecule has 1 N–H and O–H groups in total. The molecule has 2 amide bonds. The van der Waals surface area contributed by atoms with E-state index < -0.39 is 29.3 Å². The molecule has 2 aromatic rings. The lowest BCUT2D eigenvalue weighted by Crippen LogP contribution is -2.28. The number of anilines is 2.